The molecule has 7 nitrogen and oxygen atoms in total. The molecule has 0 aliphatic carbocycles. The number of fused-ring (bicyclic) bond motifs is 1. The van der Waals surface area contributed by atoms with Crippen LogP contribution in [-0.2, 0) is 4.79 Å². The zero-order valence-electron chi connectivity index (χ0n) is 21.3. The van der Waals surface area contributed by atoms with Crippen molar-refractivity contribution in [2.45, 2.75) is 19.0 Å². The van der Waals surface area contributed by atoms with E-state index in [1.807, 2.05) is 72.2 Å². The molecule has 0 radical (unpaired) electrons. The Hall–Kier alpha value is -4.34. The maximum absolute atomic E-state index is 12.9. The third-order valence-electron chi connectivity index (χ3n) is 6.20. The van der Waals surface area contributed by atoms with Crippen molar-refractivity contribution in [3.63, 3.8) is 0 Å². The Balaban J connectivity index is 1.17. The van der Waals surface area contributed by atoms with Crippen molar-refractivity contribution in [1.82, 2.24) is 24.7 Å². The number of hydrogen-bond donors (Lipinski definition) is 1. The number of carbonyl (C=O) groups excluding carboxylic acids is 1. The third kappa shape index (κ3) is 5.32. The number of thioether (sulfide) groups is 1. The second-order valence-corrected chi connectivity index (χ2v) is 11.0. The molecule has 0 bridgehead atoms. The van der Waals surface area contributed by atoms with Gasteiger partial charge in [-0.2, -0.15) is 0 Å². The predicted molar refractivity (Wildman–Crippen MR) is 158 cm³/mol. The van der Waals surface area contributed by atoms with E-state index in [1.54, 1.807) is 23.7 Å². The average molecular weight is 549 g/mol. The molecule has 0 fully saturated rings. The molecule has 0 aliphatic rings. The number of hydrogen-bond acceptors (Lipinski definition) is 7. The van der Waals surface area contributed by atoms with Crippen molar-refractivity contribution >= 4 is 44.9 Å². The molecule has 6 rings (SSSR count). The highest BCUT2D eigenvalue weighted by atomic mass is 32.2. The fraction of sp³-hybridized carbons (Fsp3) is 0.100. The molecule has 0 atom stereocenters. The largest absolute Gasteiger partial charge is 0.325 e. The molecule has 192 valence electrons. The first-order valence-corrected chi connectivity index (χ1v) is 14.2. The van der Waals surface area contributed by atoms with Gasteiger partial charge in [0.05, 0.1) is 21.7 Å². The molecule has 0 saturated carbocycles. The molecule has 39 heavy (non-hydrogen) atoms. The molecule has 1 N–H and O–H groups in total. The molecule has 0 spiro atoms. The molecule has 9 heteroatoms. The topological polar surface area (TPSA) is 85.6 Å². The molecule has 3 aromatic heterocycles. The van der Waals surface area contributed by atoms with Crippen molar-refractivity contribution in [3.05, 3.63) is 102 Å². The summed E-state index contributed by atoms with van der Waals surface area (Å²) in [6.45, 7) is 4.13. The summed E-state index contributed by atoms with van der Waals surface area (Å²) in [5.74, 6) is 0.752. The number of nitrogens with one attached hydrogen (secondary N) is 1. The maximum atomic E-state index is 12.9. The average Bonchev–Trinajstić information content (AvgIpc) is 3.57. The van der Waals surface area contributed by atoms with Crippen LogP contribution in [0.1, 0.15) is 11.1 Å². The predicted octanol–water partition coefficient (Wildman–Crippen LogP) is 6.95. The summed E-state index contributed by atoms with van der Waals surface area (Å²) < 4.78 is 3.16. The zero-order valence-corrected chi connectivity index (χ0v) is 23.0. The van der Waals surface area contributed by atoms with Crippen LogP contribution in [0.3, 0.4) is 0 Å². The lowest BCUT2D eigenvalue weighted by Crippen LogP contribution is -2.14. The Morgan fingerprint density at radius 1 is 0.949 bits per heavy atom. The van der Waals surface area contributed by atoms with Gasteiger partial charge in [-0.25, -0.2) is 4.98 Å². The summed E-state index contributed by atoms with van der Waals surface area (Å²) >= 11 is 3.02. The highest BCUT2D eigenvalue weighted by Gasteiger charge is 2.18. The summed E-state index contributed by atoms with van der Waals surface area (Å²) in [5.41, 5.74) is 6.88. The van der Waals surface area contributed by atoms with E-state index in [4.69, 9.17) is 4.98 Å². The number of amides is 1. The number of pyridine rings is 1. The minimum Gasteiger partial charge on any atom is -0.325 e. The van der Waals surface area contributed by atoms with Gasteiger partial charge in [-0.05, 0) is 79.6 Å². The Kier molecular flexibility index (Phi) is 6.91. The second kappa shape index (κ2) is 10.8. The quantitative estimate of drug-likeness (QED) is 0.217. The van der Waals surface area contributed by atoms with Crippen LogP contribution < -0.4 is 5.32 Å². The van der Waals surface area contributed by atoms with Crippen LogP contribution in [0.2, 0.25) is 0 Å². The van der Waals surface area contributed by atoms with E-state index in [2.05, 4.69) is 45.6 Å². The number of benzene rings is 3. The van der Waals surface area contributed by atoms with Crippen LogP contribution in [0.25, 0.3) is 37.9 Å². The summed E-state index contributed by atoms with van der Waals surface area (Å²) in [4.78, 5) is 21.9. The van der Waals surface area contributed by atoms with Gasteiger partial charge < -0.3 is 5.32 Å². The molecule has 6 aromatic rings. The minimum atomic E-state index is -0.120. The van der Waals surface area contributed by atoms with Crippen molar-refractivity contribution in [3.8, 4) is 27.6 Å². The smallest absolute Gasteiger partial charge is 0.234 e. The number of para-hydroxylation sites is 1. The van der Waals surface area contributed by atoms with Crippen LogP contribution in [0, 0.1) is 13.8 Å². The Bertz CT molecular complexity index is 1780. The van der Waals surface area contributed by atoms with Gasteiger partial charge in [-0.3, -0.25) is 14.3 Å². The lowest BCUT2D eigenvalue weighted by Gasteiger charge is -2.12. The number of nitrogens with zero attached hydrogens (tertiary/aromatic N) is 5. The normalized spacial score (nSPS) is 11.1. The number of carbonyl (C=O) groups is 1. The first kappa shape index (κ1) is 25.0. The second-order valence-electron chi connectivity index (χ2n) is 9.07. The van der Waals surface area contributed by atoms with Gasteiger partial charge in [0, 0.05) is 29.2 Å². The van der Waals surface area contributed by atoms with Crippen LogP contribution >= 0.6 is 23.1 Å². The first-order chi connectivity index (χ1) is 19.0. The van der Waals surface area contributed by atoms with Crippen molar-refractivity contribution in [2.75, 3.05) is 11.1 Å². The summed E-state index contributed by atoms with van der Waals surface area (Å²) in [6, 6.07) is 25.9. The van der Waals surface area contributed by atoms with Gasteiger partial charge in [0.1, 0.15) is 5.01 Å². The van der Waals surface area contributed by atoms with Gasteiger partial charge in [-0.15, -0.1) is 21.5 Å². The SMILES string of the molecule is Cc1ccc2nc(-c3ccc(NC(=O)CSc4nnc(-c5cccnc5)n4-c4ccccc4C)cc3)sc2c1. The van der Waals surface area contributed by atoms with Crippen LogP contribution in [0.4, 0.5) is 5.69 Å². The van der Waals surface area contributed by atoms with Gasteiger partial charge >= 0.3 is 0 Å². The van der Waals surface area contributed by atoms with Crippen LogP contribution in [0.15, 0.2) is 96.4 Å². The number of aryl methyl sites for hydroxylation is 2. The van der Waals surface area contributed by atoms with Gasteiger partial charge in [0.25, 0.3) is 0 Å². The van der Waals surface area contributed by atoms with E-state index in [-0.39, 0.29) is 11.7 Å². The Morgan fingerprint density at radius 3 is 2.59 bits per heavy atom. The van der Waals surface area contributed by atoms with Gasteiger partial charge in [-0.1, -0.05) is 36.0 Å². The monoisotopic (exact) mass is 548 g/mol. The van der Waals surface area contributed by atoms with Crippen molar-refractivity contribution in [1.29, 1.82) is 0 Å². The highest BCUT2D eigenvalue weighted by Crippen LogP contribution is 2.32. The molecular weight excluding hydrogens is 525 g/mol. The zero-order chi connectivity index (χ0) is 26.8. The number of thiazole rings is 1. The van der Waals surface area contributed by atoms with Gasteiger partial charge in [0.15, 0.2) is 11.0 Å². The maximum Gasteiger partial charge on any atom is 0.234 e. The molecule has 0 saturated heterocycles. The summed E-state index contributed by atoms with van der Waals surface area (Å²) in [6.07, 6.45) is 3.49. The van der Waals surface area contributed by atoms with E-state index in [0.29, 0.717) is 11.0 Å². The van der Waals surface area contributed by atoms with E-state index in [0.717, 1.165) is 38.6 Å². The molecule has 0 unspecified atom stereocenters. The van der Waals surface area contributed by atoms with Crippen molar-refractivity contribution in [2.24, 2.45) is 0 Å². The fourth-order valence-electron chi connectivity index (χ4n) is 4.26. The lowest BCUT2D eigenvalue weighted by molar-refractivity contribution is -0.113. The number of rotatable bonds is 7. The van der Waals surface area contributed by atoms with Crippen LogP contribution in [-0.4, -0.2) is 36.4 Å². The van der Waals surface area contributed by atoms with E-state index in [9.17, 15) is 4.79 Å². The minimum absolute atomic E-state index is 0.120. The van der Waals surface area contributed by atoms with Gasteiger partial charge in [0.2, 0.25) is 5.91 Å². The molecular formula is C30H24N6OS2. The Morgan fingerprint density at radius 2 is 1.79 bits per heavy atom. The summed E-state index contributed by atoms with van der Waals surface area (Å²) in [7, 11) is 0. The Labute approximate surface area is 234 Å². The molecule has 3 heterocycles. The third-order valence-corrected chi connectivity index (χ3v) is 8.20. The highest BCUT2D eigenvalue weighted by molar-refractivity contribution is 7.99. The molecule has 3 aromatic carbocycles. The standard InChI is InChI=1S/C30H24N6OS2/c1-19-9-14-24-26(16-19)39-29(33-24)21-10-12-23(13-11-21)32-27(37)18-38-30-35-34-28(22-7-5-15-31-17-22)36(30)25-8-4-3-6-20(25)2/h3-17H,18H2,1-2H3,(H,32,37). The van der Waals surface area contributed by atoms with E-state index >= 15 is 0 Å². The summed E-state index contributed by atoms with van der Waals surface area (Å²) in [5, 5.41) is 13.5. The lowest BCUT2D eigenvalue weighted by atomic mass is 10.2. The fourth-order valence-corrected chi connectivity index (χ4v) is 6.07. The van der Waals surface area contributed by atoms with Crippen LogP contribution in [0.5, 0.6) is 0 Å². The number of aromatic nitrogens is 5. The molecule has 1 amide bonds. The van der Waals surface area contributed by atoms with Crippen molar-refractivity contribution < 1.29 is 4.79 Å². The molecule has 0 aliphatic heterocycles. The first-order valence-electron chi connectivity index (χ1n) is 12.4. The van der Waals surface area contributed by atoms with E-state index < -0.39 is 0 Å². The number of anilines is 1. The van der Waals surface area contributed by atoms with E-state index in [1.165, 1.54) is 22.0 Å².